The molecule has 0 aliphatic carbocycles. The van der Waals surface area contributed by atoms with E-state index in [1.165, 1.54) is 30.6 Å². The molecule has 0 bridgehead atoms. The molecule has 0 amide bonds. The molecular formula is C20H14F3N3O2S2. The number of thioether (sulfide) groups is 1. The number of aromatic nitrogens is 2. The summed E-state index contributed by atoms with van der Waals surface area (Å²) in [5, 5.41) is 9.39. The summed E-state index contributed by atoms with van der Waals surface area (Å²) in [6.45, 7) is 1.81. The van der Waals surface area contributed by atoms with Crippen molar-refractivity contribution < 1.29 is 21.6 Å². The van der Waals surface area contributed by atoms with Gasteiger partial charge in [-0.3, -0.25) is 0 Å². The summed E-state index contributed by atoms with van der Waals surface area (Å²) in [6, 6.07) is 9.42. The lowest BCUT2D eigenvalue weighted by Gasteiger charge is -2.09. The number of halogens is 3. The van der Waals surface area contributed by atoms with Crippen molar-refractivity contribution in [1.29, 1.82) is 5.26 Å². The Hall–Kier alpha value is -2.77. The highest BCUT2D eigenvalue weighted by molar-refractivity contribution is 8.03. The van der Waals surface area contributed by atoms with Crippen molar-refractivity contribution in [1.82, 2.24) is 8.96 Å². The van der Waals surface area contributed by atoms with Crippen LogP contribution >= 0.6 is 11.8 Å². The van der Waals surface area contributed by atoms with E-state index in [0.717, 1.165) is 9.54 Å². The van der Waals surface area contributed by atoms with Gasteiger partial charge in [0.25, 0.3) is 10.0 Å². The predicted molar refractivity (Wildman–Crippen MR) is 108 cm³/mol. The number of benzene rings is 1. The number of pyridine rings is 1. The summed E-state index contributed by atoms with van der Waals surface area (Å²) in [5.74, 6) is 0.243. The molecule has 0 fully saturated rings. The minimum absolute atomic E-state index is 0.00599. The van der Waals surface area contributed by atoms with Gasteiger partial charge in [0, 0.05) is 29.1 Å². The summed E-state index contributed by atoms with van der Waals surface area (Å²) in [6.07, 6.45) is -2.02. The molecule has 3 heterocycles. The standard InChI is InChI=1S/C20H14F3N3O2S2/c1-12-2-4-14(5-3-12)30(27,28)26-11-17(15-6-7-29-18(15)20(21,22)23)16-8-13(9-24)10-25-19(16)26/h2-5,8,10-11H,6-7H2,1H3. The molecule has 1 aliphatic rings. The SMILES string of the molecule is Cc1ccc(S(=O)(=O)n2cc(C3=C(C(F)(F)F)SCC3)c3cc(C#N)cnc32)cc1. The molecule has 10 heteroatoms. The van der Waals surface area contributed by atoms with Gasteiger partial charge in [-0.25, -0.2) is 17.4 Å². The molecule has 30 heavy (non-hydrogen) atoms. The first kappa shape index (κ1) is 20.5. The lowest BCUT2D eigenvalue weighted by atomic mass is 10.0. The molecule has 0 saturated heterocycles. The minimum atomic E-state index is -4.54. The fourth-order valence-electron chi connectivity index (χ4n) is 3.35. The van der Waals surface area contributed by atoms with Crippen molar-refractivity contribution in [3.05, 3.63) is 64.3 Å². The Morgan fingerprint density at radius 1 is 1.23 bits per heavy atom. The number of rotatable bonds is 3. The van der Waals surface area contributed by atoms with Gasteiger partial charge in [-0.2, -0.15) is 18.4 Å². The first-order chi connectivity index (χ1) is 14.1. The van der Waals surface area contributed by atoms with Crippen LogP contribution in [0, 0.1) is 18.3 Å². The third-order valence-corrected chi connectivity index (χ3v) is 7.61. The summed E-state index contributed by atoms with van der Waals surface area (Å²) in [4.78, 5) is 3.35. The van der Waals surface area contributed by atoms with Crippen LogP contribution in [0.2, 0.25) is 0 Å². The van der Waals surface area contributed by atoms with Gasteiger partial charge in [-0.15, -0.1) is 11.8 Å². The maximum atomic E-state index is 13.5. The highest BCUT2D eigenvalue weighted by Crippen LogP contribution is 2.48. The second-order valence-electron chi connectivity index (χ2n) is 6.77. The van der Waals surface area contributed by atoms with E-state index in [1.54, 1.807) is 12.1 Å². The predicted octanol–water partition coefficient (Wildman–Crippen LogP) is 4.86. The summed E-state index contributed by atoms with van der Waals surface area (Å²) in [5.41, 5.74) is 1.13. The Morgan fingerprint density at radius 2 is 1.93 bits per heavy atom. The highest BCUT2D eigenvalue weighted by atomic mass is 32.2. The quantitative estimate of drug-likeness (QED) is 0.571. The van der Waals surface area contributed by atoms with Gasteiger partial charge in [0.05, 0.1) is 15.4 Å². The van der Waals surface area contributed by atoms with Gasteiger partial charge in [-0.05, 0) is 37.1 Å². The number of nitrogens with zero attached hydrogens (tertiary/aromatic N) is 3. The van der Waals surface area contributed by atoms with E-state index >= 15 is 0 Å². The van der Waals surface area contributed by atoms with Gasteiger partial charge in [0.15, 0.2) is 5.65 Å². The molecule has 154 valence electrons. The number of hydrogen-bond acceptors (Lipinski definition) is 5. The molecule has 0 saturated carbocycles. The van der Waals surface area contributed by atoms with Crippen LogP contribution in [0.25, 0.3) is 16.6 Å². The molecule has 0 spiro atoms. The monoisotopic (exact) mass is 449 g/mol. The number of hydrogen-bond donors (Lipinski definition) is 0. The van der Waals surface area contributed by atoms with E-state index < -0.39 is 21.1 Å². The van der Waals surface area contributed by atoms with Crippen LogP contribution in [0.3, 0.4) is 0 Å². The Kier molecular flexibility index (Phi) is 4.91. The number of allylic oxidation sites excluding steroid dienone is 2. The zero-order chi connectivity index (χ0) is 21.7. The van der Waals surface area contributed by atoms with Crippen molar-refractivity contribution in [2.75, 3.05) is 5.75 Å². The molecule has 5 nitrogen and oxygen atoms in total. The Bertz CT molecular complexity index is 1330. The zero-order valence-electron chi connectivity index (χ0n) is 15.6. The molecule has 4 rings (SSSR count). The Labute approximate surface area is 174 Å². The number of fused-ring (bicyclic) bond motifs is 1. The number of aryl methyl sites for hydroxylation is 1. The second kappa shape index (κ2) is 7.18. The van der Waals surface area contributed by atoms with Crippen LogP contribution < -0.4 is 0 Å². The fourth-order valence-corrected chi connectivity index (χ4v) is 5.74. The molecule has 0 radical (unpaired) electrons. The van der Waals surface area contributed by atoms with Gasteiger partial charge in [-0.1, -0.05) is 17.7 Å². The van der Waals surface area contributed by atoms with E-state index in [9.17, 15) is 26.9 Å². The fraction of sp³-hybridized carbons (Fsp3) is 0.200. The first-order valence-corrected chi connectivity index (χ1v) is 11.2. The van der Waals surface area contributed by atoms with Crippen LogP contribution in [0.1, 0.15) is 23.1 Å². The maximum absolute atomic E-state index is 13.5. The summed E-state index contributed by atoms with van der Waals surface area (Å²) >= 11 is 0.696. The third kappa shape index (κ3) is 3.38. The van der Waals surface area contributed by atoms with Crippen LogP contribution in [0.5, 0.6) is 0 Å². The van der Waals surface area contributed by atoms with E-state index in [2.05, 4.69) is 4.98 Å². The summed E-state index contributed by atoms with van der Waals surface area (Å²) < 4.78 is 67.9. The van der Waals surface area contributed by atoms with E-state index in [-0.39, 0.29) is 44.8 Å². The molecule has 0 N–H and O–H groups in total. The van der Waals surface area contributed by atoms with Crippen LogP contribution in [0.4, 0.5) is 13.2 Å². The molecule has 0 atom stereocenters. The normalized spacial score (nSPS) is 15.0. The van der Waals surface area contributed by atoms with Crippen molar-refractivity contribution in [3.8, 4) is 6.07 Å². The number of nitriles is 1. The smallest absolute Gasteiger partial charge is 0.236 e. The molecule has 1 aromatic carbocycles. The second-order valence-corrected chi connectivity index (χ2v) is 9.69. The Morgan fingerprint density at radius 3 is 2.57 bits per heavy atom. The van der Waals surface area contributed by atoms with E-state index in [1.807, 2.05) is 13.0 Å². The lowest BCUT2D eigenvalue weighted by Crippen LogP contribution is -2.12. The van der Waals surface area contributed by atoms with Gasteiger partial charge >= 0.3 is 6.18 Å². The lowest BCUT2D eigenvalue weighted by molar-refractivity contribution is -0.0829. The third-order valence-electron chi connectivity index (χ3n) is 4.77. The molecule has 0 unspecified atom stereocenters. The van der Waals surface area contributed by atoms with Crippen LogP contribution in [-0.4, -0.2) is 29.3 Å². The van der Waals surface area contributed by atoms with Crippen molar-refractivity contribution in [3.63, 3.8) is 0 Å². The van der Waals surface area contributed by atoms with Crippen molar-refractivity contribution >= 4 is 38.4 Å². The zero-order valence-corrected chi connectivity index (χ0v) is 17.2. The Balaban J connectivity index is 2.02. The highest BCUT2D eigenvalue weighted by Gasteiger charge is 2.40. The topological polar surface area (TPSA) is 75.8 Å². The average Bonchev–Trinajstić information content (AvgIpc) is 3.32. The maximum Gasteiger partial charge on any atom is 0.422 e. The van der Waals surface area contributed by atoms with E-state index in [4.69, 9.17) is 0 Å². The molecule has 2 aromatic heterocycles. The van der Waals surface area contributed by atoms with Crippen LogP contribution in [0.15, 0.2) is 52.5 Å². The molecule has 1 aliphatic heterocycles. The molecule has 3 aromatic rings. The van der Waals surface area contributed by atoms with Gasteiger partial charge in [0.2, 0.25) is 0 Å². The van der Waals surface area contributed by atoms with Gasteiger partial charge in [0.1, 0.15) is 6.07 Å². The molecular weight excluding hydrogens is 435 g/mol. The van der Waals surface area contributed by atoms with Gasteiger partial charge < -0.3 is 0 Å². The summed E-state index contributed by atoms with van der Waals surface area (Å²) in [7, 11) is -4.10. The van der Waals surface area contributed by atoms with Crippen LogP contribution in [-0.2, 0) is 10.0 Å². The van der Waals surface area contributed by atoms with E-state index in [0.29, 0.717) is 11.8 Å². The van der Waals surface area contributed by atoms with Crippen molar-refractivity contribution in [2.45, 2.75) is 24.4 Å². The minimum Gasteiger partial charge on any atom is -0.236 e. The number of alkyl halides is 3. The average molecular weight is 449 g/mol. The van der Waals surface area contributed by atoms with Crippen molar-refractivity contribution in [2.24, 2.45) is 0 Å². The first-order valence-electron chi connectivity index (χ1n) is 8.80. The largest absolute Gasteiger partial charge is 0.422 e.